The van der Waals surface area contributed by atoms with E-state index in [0.29, 0.717) is 12.1 Å². The van der Waals surface area contributed by atoms with Crippen LogP contribution >= 0.6 is 11.6 Å². The second-order valence-corrected chi connectivity index (χ2v) is 9.12. The summed E-state index contributed by atoms with van der Waals surface area (Å²) in [6.07, 6.45) is -3.75. The standard InChI is InChI=1S/C17H21ClF3N5O3S/c1-3-12(4-2)26-23-16(22-24-26)14-10-25(7-8-29-14)30(27,28)15-6-5-11(9-13(15)18)17(19,20)21/h5-6,9,12,14H,3-4,7-8,10H2,1-2H3. The van der Waals surface area contributed by atoms with Crippen molar-refractivity contribution >= 4 is 21.6 Å². The molecule has 0 spiro atoms. The Balaban J connectivity index is 1.83. The summed E-state index contributed by atoms with van der Waals surface area (Å²) in [7, 11) is -4.14. The molecule has 13 heteroatoms. The van der Waals surface area contributed by atoms with Crippen LogP contribution in [0.1, 0.15) is 50.2 Å². The summed E-state index contributed by atoms with van der Waals surface area (Å²) in [6.45, 7) is 3.99. The topological polar surface area (TPSA) is 90.2 Å². The van der Waals surface area contributed by atoms with Gasteiger partial charge in [-0.2, -0.15) is 22.3 Å². The number of morpholine rings is 1. The maximum atomic E-state index is 13.0. The van der Waals surface area contributed by atoms with Gasteiger partial charge in [-0.15, -0.1) is 10.2 Å². The zero-order valence-electron chi connectivity index (χ0n) is 16.3. The summed E-state index contributed by atoms with van der Waals surface area (Å²) in [5.41, 5.74) is -1.02. The lowest BCUT2D eigenvalue weighted by Gasteiger charge is -2.30. The predicted octanol–water partition coefficient (Wildman–Crippen LogP) is 3.47. The first kappa shape index (κ1) is 22.9. The first-order valence-corrected chi connectivity index (χ1v) is 11.2. The van der Waals surface area contributed by atoms with Crippen LogP contribution in [-0.2, 0) is 20.9 Å². The summed E-state index contributed by atoms with van der Waals surface area (Å²) in [4.78, 5) is 1.09. The molecule has 1 fully saturated rings. The van der Waals surface area contributed by atoms with Crippen LogP contribution in [0, 0.1) is 0 Å². The number of nitrogens with zero attached hydrogens (tertiary/aromatic N) is 5. The van der Waals surface area contributed by atoms with Crippen molar-refractivity contribution in [2.75, 3.05) is 19.7 Å². The number of ether oxygens (including phenoxy) is 1. The van der Waals surface area contributed by atoms with E-state index in [2.05, 4.69) is 15.4 Å². The highest BCUT2D eigenvalue weighted by Crippen LogP contribution is 2.35. The van der Waals surface area contributed by atoms with Crippen molar-refractivity contribution in [2.45, 2.75) is 49.9 Å². The average molecular weight is 468 g/mol. The molecule has 0 saturated carbocycles. The van der Waals surface area contributed by atoms with E-state index in [1.807, 2.05) is 13.8 Å². The van der Waals surface area contributed by atoms with Gasteiger partial charge < -0.3 is 4.74 Å². The van der Waals surface area contributed by atoms with Crippen LogP contribution in [0.25, 0.3) is 0 Å². The Morgan fingerprint density at radius 2 is 2.00 bits per heavy atom. The molecule has 1 saturated heterocycles. The number of halogens is 4. The van der Waals surface area contributed by atoms with E-state index >= 15 is 0 Å². The fourth-order valence-electron chi connectivity index (χ4n) is 3.16. The molecule has 1 aromatic carbocycles. The van der Waals surface area contributed by atoms with E-state index in [0.717, 1.165) is 23.2 Å². The van der Waals surface area contributed by atoms with Crippen molar-refractivity contribution in [3.05, 3.63) is 34.6 Å². The first-order valence-electron chi connectivity index (χ1n) is 9.35. The molecule has 1 aliphatic heterocycles. The lowest BCUT2D eigenvalue weighted by atomic mass is 10.2. The van der Waals surface area contributed by atoms with Gasteiger partial charge in [0.1, 0.15) is 11.0 Å². The van der Waals surface area contributed by atoms with Gasteiger partial charge in [0, 0.05) is 13.1 Å². The van der Waals surface area contributed by atoms with Gasteiger partial charge in [0.25, 0.3) is 0 Å². The summed E-state index contributed by atoms with van der Waals surface area (Å²) in [6, 6.07) is 2.24. The number of sulfonamides is 1. The van der Waals surface area contributed by atoms with E-state index < -0.39 is 37.8 Å². The largest absolute Gasteiger partial charge is 0.416 e. The van der Waals surface area contributed by atoms with Crippen molar-refractivity contribution in [2.24, 2.45) is 0 Å². The van der Waals surface area contributed by atoms with E-state index in [1.165, 1.54) is 4.80 Å². The molecule has 8 nitrogen and oxygen atoms in total. The number of rotatable bonds is 6. The molecule has 1 atom stereocenters. The minimum Gasteiger partial charge on any atom is -0.367 e. The van der Waals surface area contributed by atoms with Crippen LogP contribution in [-0.4, -0.2) is 52.6 Å². The molecule has 1 unspecified atom stereocenters. The van der Waals surface area contributed by atoms with Crippen LogP contribution in [0.4, 0.5) is 13.2 Å². The van der Waals surface area contributed by atoms with Crippen LogP contribution in [0.3, 0.4) is 0 Å². The number of benzene rings is 1. The van der Waals surface area contributed by atoms with E-state index in [4.69, 9.17) is 16.3 Å². The predicted molar refractivity (Wildman–Crippen MR) is 101 cm³/mol. The number of hydrogen-bond donors (Lipinski definition) is 0. The van der Waals surface area contributed by atoms with E-state index in [9.17, 15) is 21.6 Å². The summed E-state index contributed by atoms with van der Waals surface area (Å²) in [5.74, 6) is 0.250. The number of alkyl halides is 3. The molecule has 30 heavy (non-hydrogen) atoms. The van der Waals surface area contributed by atoms with Crippen molar-refractivity contribution in [3.63, 3.8) is 0 Å². The Morgan fingerprint density at radius 3 is 2.60 bits per heavy atom. The molecule has 2 heterocycles. The molecule has 0 amide bonds. The smallest absolute Gasteiger partial charge is 0.367 e. The lowest BCUT2D eigenvalue weighted by Crippen LogP contribution is -2.42. The molecule has 3 rings (SSSR count). The Morgan fingerprint density at radius 1 is 1.30 bits per heavy atom. The molecular weight excluding hydrogens is 447 g/mol. The molecule has 0 radical (unpaired) electrons. The molecule has 1 aromatic heterocycles. The first-order chi connectivity index (χ1) is 14.1. The summed E-state index contributed by atoms with van der Waals surface area (Å²) in [5, 5.41) is 11.8. The minimum absolute atomic E-state index is 0.0247. The van der Waals surface area contributed by atoms with Gasteiger partial charge in [-0.05, 0) is 36.3 Å². The van der Waals surface area contributed by atoms with Crippen molar-refractivity contribution in [1.29, 1.82) is 0 Å². The minimum atomic E-state index is -4.62. The maximum absolute atomic E-state index is 13.0. The maximum Gasteiger partial charge on any atom is 0.416 e. The molecule has 2 aromatic rings. The van der Waals surface area contributed by atoms with Gasteiger partial charge in [0.05, 0.1) is 23.2 Å². The molecular formula is C17H21ClF3N5O3S. The van der Waals surface area contributed by atoms with E-state index in [-0.39, 0.29) is 31.6 Å². The van der Waals surface area contributed by atoms with Crippen LogP contribution in [0.5, 0.6) is 0 Å². The van der Waals surface area contributed by atoms with Crippen molar-refractivity contribution < 1.29 is 26.3 Å². The Labute approximate surface area is 177 Å². The quantitative estimate of drug-likeness (QED) is 0.646. The third-order valence-electron chi connectivity index (χ3n) is 4.91. The molecule has 0 N–H and O–H groups in total. The molecule has 166 valence electrons. The van der Waals surface area contributed by atoms with Gasteiger partial charge in [-0.3, -0.25) is 0 Å². The fraction of sp³-hybridized carbons (Fsp3) is 0.588. The third kappa shape index (κ3) is 4.61. The van der Waals surface area contributed by atoms with Crippen LogP contribution in [0.2, 0.25) is 5.02 Å². The van der Waals surface area contributed by atoms with Gasteiger partial charge in [0.2, 0.25) is 15.8 Å². The normalized spacial score (nSPS) is 18.8. The molecule has 0 bridgehead atoms. The van der Waals surface area contributed by atoms with Gasteiger partial charge in [0.15, 0.2) is 0 Å². The third-order valence-corrected chi connectivity index (χ3v) is 7.26. The summed E-state index contributed by atoms with van der Waals surface area (Å²) < 4.78 is 71.2. The Hall–Kier alpha value is -1.76. The van der Waals surface area contributed by atoms with Crippen LogP contribution in [0.15, 0.2) is 23.1 Å². The number of aromatic nitrogens is 4. The van der Waals surface area contributed by atoms with Crippen molar-refractivity contribution in [1.82, 2.24) is 24.5 Å². The lowest BCUT2D eigenvalue weighted by molar-refractivity contribution is -0.137. The van der Waals surface area contributed by atoms with Gasteiger partial charge in [-0.25, -0.2) is 8.42 Å². The number of hydrogen-bond acceptors (Lipinski definition) is 6. The van der Waals surface area contributed by atoms with Gasteiger partial charge >= 0.3 is 6.18 Å². The SMILES string of the molecule is CCC(CC)n1nnc(C2CN(S(=O)(=O)c3ccc(C(F)(F)F)cc3Cl)CCO2)n1. The Kier molecular flexibility index (Phi) is 6.70. The highest BCUT2D eigenvalue weighted by atomic mass is 35.5. The fourth-order valence-corrected chi connectivity index (χ4v) is 5.10. The highest BCUT2D eigenvalue weighted by molar-refractivity contribution is 7.89. The molecule has 0 aliphatic carbocycles. The van der Waals surface area contributed by atoms with Crippen LogP contribution < -0.4 is 0 Å². The monoisotopic (exact) mass is 467 g/mol. The van der Waals surface area contributed by atoms with Gasteiger partial charge in [-0.1, -0.05) is 25.4 Å². The zero-order chi connectivity index (χ0) is 22.1. The number of tetrazole rings is 1. The highest BCUT2D eigenvalue weighted by Gasteiger charge is 2.36. The summed E-state index contributed by atoms with van der Waals surface area (Å²) >= 11 is 5.89. The Bertz CT molecular complexity index is 995. The van der Waals surface area contributed by atoms with Crippen molar-refractivity contribution in [3.8, 4) is 0 Å². The second kappa shape index (κ2) is 8.77. The van der Waals surface area contributed by atoms with E-state index in [1.54, 1.807) is 0 Å². The molecule has 1 aliphatic rings. The zero-order valence-corrected chi connectivity index (χ0v) is 17.9. The average Bonchev–Trinajstić information content (AvgIpc) is 3.18. The second-order valence-electron chi connectivity index (χ2n) is 6.80.